The minimum atomic E-state index is -0.138. The van der Waals surface area contributed by atoms with Crippen LogP contribution in [0, 0.1) is 0 Å². The molecule has 240 valence electrons. The SMILES string of the molecule is O=C1/C(=C/c2ccc(Cl)cc2Cl)COc2c1cc1ccccc1c2Cc1c2c(cc3ccccc13)C(=O)/C(=C/c1ccc(Cl)cc1Cl)CO2. The molecule has 2 aliphatic rings. The predicted octanol–water partition coefficient (Wildman–Crippen LogP) is 11.5. The molecule has 0 saturated carbocycles. The van der Waals surface area contributed by atoms with Crippen molar-refractivity contribution in [1.82, 2.24) is 0 Å². The summed E-state index contributed by atoms with van der Waals surface area (Å²) in [6, 6.07) is 29.9. The highest BCUT2D eigenvalue weighted by Crippen LogP contribution is 2.43. The van der Waals surface area contributed by atoms with Crippen LogP contribution >= 0.6 is 46.4 Å². The second kappa shape index (κ2) is 12.7. The van der Waals surface area contributed by atoms with Crippen LogP contribution in [0.3, 0.4) is 0 Å². The van der Waals surface area contributed by atoms with E-state index in [1.165, 1.54) is 0 Å². The molecule has 0 amide bonds. The molecule has 2 aliphatic heterocycles. The lowest BCUT2D eigenvalue weighted by Gasteiger charge is -2.26. The molecule has 6 aromatic rings. The van der Waals surface area contributed by atoms with Gasteiger partial charge in [-0.2, -0.15) is 0 Å². The topological polar surface area (TPSA) is 52.6 Å². The maximum atomic E-state index is 14.1. The molecule has 0 spiro atoms. The fourth-order valence-corrected chi connectivity index (χ4v) is 7.53. The van der Waals surface area contributed by atoms with Crippen molar-refractivity contribution in [2.45, 2.75) is 6.42 Å². The Morgan fingerprint density at radius 1 is 0.551 bits per heavy atom. The quantitative estimate of drug-likeness (QED) is 0.170. The number of Topliss-reactive ketones (excluding diaryl/α,β-unsaturated/α-hetero) is 2. The Bertz CT molecular complexity index is 2290. The van der Waals surface area contributed by atoms with E-state index in [0.717, 1.165) is 32.7 Å². The van der Waals surface area contributed by atoms with Crippen LogP contribution in [-0.2, 0) is 6.42 Å². The standard InChI is InChI=1S/C41H24Cl4O4/c42-28-11-9-24(36(44)17-28)13-26-20-48-40-32(30-7-3-1-5-22(30)15-34(40)38(26)46)19-33-31-8-4-2-6-23(31)16-35-39(47)27(21-49-41(33)35)14-25-10-12-29(43)18-37(25)45/h1-18H,19-21H2/b26-13+,27-14+. The van der Waals surface area contributed by atoms with E-state index in [1.54, 1.807) is 48.6 Å². The van der Waals surface area contributed by atoms with Gasteiger partial charge in [-0.25, -0.2) is 0 Å². The summed E-state index contributed by atoms with van der Waals surface area (Å²) in [5.74, 6) is 0.761. The zero-order valence-electron chi connectivity index (χ0n) is 25.7. The van der Waals surface area contributed by atoms with Crippen LogP contribution < -0.4 is 9.47 Å². The van der Waals surface area contributed by atoms with Gasteiger partial charge in [0.25, 0.3) is 0 Å². The van der Waals surface area contributed by atoms with Crippen LogP contribution in [0.25, 0.3) is 33.7 Å². The second-order valence-electron chi connectivity index (χ2n) is 12.0. The Balaban J connectivity index is 1.26. The molecule has 0 aromatic heterocycles. The van der Waals surface area contributed by atoms with Crippen molar-refractivity contribution in [3.8, 4) is 11.5 Å². The number of hydrogen-bond acceptors (Lipinski definition) is 4. The van der Waals surface area contributed by atoms with Crippen LogP contribution in [-0.4, -0.2) is 24.8 Å². The number of hydrogen-bond donors (Lipinski definition) is 0. The molecular weight excluding hydrogens is 698 g/mol. The summed E-state index contributed by atoms with van der Waals surface area (Å²) in [5.41, 5.74) is 4.93. The van der Waals surface area contributed by atoms with Gasteiger partial charge in [-0.3, -0.25) is 9.59 Å². The Morgan fingerprint density at radius 2 is 0.980 bits per heavy atom. The molecule has 0 saturated heterocycles. The summed E-state index contributed by atoms with van der Waals surface area (Å²) in [5, 5.41) is 5.61. The van der Waals surface area contributed by atoms with E-state index in [2.05, 4.69) is 0 Å². The third-order valence-corrected chi connectivity index (χ3v) is 10.1. The number of carbonyl (C=O) groups excluding carboxylic acids is 2. The van der Waals surface area contributed by atoms with E-state index in [4.69, 9.17) is 55.9 Å². The highest BCUT2D eigenvalue weighted by molar-refractivity contribution is 6.36. The van der Waals surface area contributed by atoms with E-state index in [1.807, 2.05) is 60.7 Å². The fraction of sp³-hybridized carbons (Fsp3) is 0.0732. The van der Waals surface area contributed by atoms with Crippen molar-refractivity contribution in [2.24, 2.45) is 0 Å². The monoisotopic (exact) mass is 720 g/mol. The number of fused-ring (bicyclic) bond motifs is 4. The summed E-state index contributed by atoms with van der Waals surface area (Å²) in [6.07, 6.45) is 3.86. The third kappa shape index (κ3) is 5.79. The van der Waals surface area contributed by atoms with Gasteiger partial charge < -0.3 is 9.47 Å². The average Bonchev–Trinajstić information content (AvgIpc) is 3.09. The van der Waals surface area contributed by atoms with Crippen molar-refractivity contribution in [1.29, 1.82) is 0 Å². The normalized spacial score (nSPS) is 15.8. The maximum absolute atomic E-state index is 14.1. The molecule has 4 nitrogen and oxygen atoms in total. The second-order valence-corrected chi connectivity index (χ2v) is 13.7. The Kier molecular flexibility index (Phi) is 8.21. The first kappa shape index (κ1) is 31.7. The molecule has 49 heavy (non-hydrogen) atoms. The average molecular weight is 722 g/mol. The summed E-state index contributed by atoms with van der Waals surface area (Å²) >= 11 is 25.1. The molecule has 0 fully saturated rings. The fourth-order valence-electron chi connectivity index (χ4n) is 6.61. The van der Waals surface area contributed by atoms with Gasteiger partial charge in [-0.15, -0.1) is 0 Å². The van der Waals surface area contributed by atoms with Gasteiger partial charge in [0.1, 0.15) is 24.7 Å². The maximum Gasteiger partial charge on any atom is 0.196 e. The number of halogens is 4. The number of ketones is 2. The van der Waals surface area contributed by atoms with Gasteiger partial charge in [0, 0.05) is 48.8 Å². The lowest BCUT2D eigenvalue weighted by Crippen LogP contribution is -2.22. The molecule has 6 aromatic carbocycles. The van der Waals surface area contributed by atoms with E-state index in [-0.39, 0.29) is 24.8 Å². The largest absolute Gasteiger partial charge is 0.488 e. The Labute approximate surface area is 302 Å². The highest BCUT2D eigenvalue weighted by atomic mass is 35.5. The first-order chi connectivity index (χ1) is 23.7. The van der Waals surface area contributed by atoms with Gasteiger partial charge in [0.2, 0.25) is 0 Å². The number of carbonyl (C=O) groups is 2. The molecular formula is C41H24Cl4O4. The van der Waals surface area contributed by atoms with Gasteiger partial charge in [-0.1, -0.05) is 107 Å². The molecule has 8 rings (SSSR count). The molecule has 8 heteroatoms. The predicted molar refractivity (Wildman–Crippen MR) is 199 cm³/mol. The Hall–Kier alpha value is -4.58. The first-order valence-corrected chi connectivity index (χ1v) is 17.0. The van der Waals surface area contributed by atoms with Crippen molar-refractivity contribution in [2.75, 3.05) is 13.2 Å². The molecule has 0 bridgehead atoms. The number of ether oxygens (including phenoxy) is 2. The minimum Gasteiger partial charge on any atom is -0.488 e. The van der Waals surface area contributed by atoms with Crippen LogP contribution in [0.4, 0.5) is 0 Å². The first-order valence-electron chi connectivity index (χ1n) is 15.5. The number of rotatable bonds is 4. The molecule has 0 atom stereocenters. The zero-order chi connectivity index (χ0) is 33.8. The van der Waals surface area contributed by atoms with Crippen LogP contribution in [0.1, 0.15) is 43.0 Å². The van der Waals surface area contributed by atoms with Gasteiger partial charge in [-0.05, 0) is 81.2 Å². The summed E-state index contributed by atoms with van der Waals surface area (Å²) < 4.78 is 12.9. The van der Waals surface area contributed by atoms with E-state index >= 15 is 0 Å². The lowest BCUT2D eigenvalue weighted by atomic mass is 9.86. The molecule has 0 aliphatic carbocycles. The summed E-state index contributed by atoms with van der Waals surface area (Å²) in [7, 11) is 0. The van der Waals surface area contributed by atoms with Crippen LogP contribution in [0.2, 0.25) is 20.1 Å². The van der Waals surface area contributed by atoms with Crippen molar-refractivity contribution < 1.29 is 19.1 Å². The van der Waals surface area contributed by atoms with E-state index in [9.17, 15) is 9.59 Å². The van der Waals surface area contributed by atoms with E-state index < -0.39 is 0 Å². The zero-order valence-corrected chi connectivity index (χ0v) is 28.7. The van der Waals surface area contributed by atoms with Gasteiger partial charge in [0.15, 0.2) is 11.6 Å². The van der Waals surface area contributed by atoms with E-state index in [0.29, 0.717) is 71.4 Å². The van der Waals surface area contributed by atoms with Gasteiger partial charge in [0.05, 0.1) is 11.1 Å². The molecule has 0 N–H and O–H groups in total. The highest BCUT2D eigenvalue weighted by Gasteiger charge is 2.31. The lowest BCUT2D eigenvalue weighted by molar-refractivity contribution is 0.0993. The number of benzene rings is 6. The smallest absolute Gasteiger partial charge is 0.196 e. The Morgan fingerprint density at radius 3 is 1.41 bits per heavy atom. The van der Waals surface area contributed by atoms with Crippen molar-refractivity contribution >= 4 is 91.7 Å². The molecule has 0 unspecified atom stereocenters. The van der Waals surface area contributed by atoms with Crippen LogP contribution in [0.5, 0.6) is 11.5 Å². The van der Waals surface area contributed by atoms with Crippen molar-refractivity contribution in [3.05, 3.63) is 162 Å². The van der Waals surface area contributed by atoms with Crippen molar-refractivity contribution in [3.63, 3.8) is 0 Å². The molecule has 0 radical (unpaired) electrons. The van der Waals surface area contributed by atoms with Gasteiger partial charge >= 0.3 is 0 Å². The summed E-state index contributed by atoms with van der Waals surface area (Å²) in [6.45, 7) is 0.139. The molecule has 2 heterocycles. The third-order valence-electron chi connectivity index (χ3n) is 8.96. The summed E-state index contributed by atoms with van der Waals surface area (Å²) in [4.78, 5) is 28.1. The minimum absolute atomic E-state index is 0.0696. The van der Waals surface area contributed by atoms with Crippen LogP contribution in [0.15, 0.2) is 108 Å².